The minimum atomic E-state index is -1.59. The predicted molar refractivity (Wildman–Crippen MR) is 88.4 cm³/mol. The molecular weight excluding hydrogens is 314 g/mol. The summed E-state index contributed by atoms with van der Waals surface area (Å²) in [5, 5.41) is 13.2. The largest absolute Gasteiger partial charge is 0.383 e. The van der Waals surface area contributed by atoms with E-state index >= 15 is 0 Å². The van der Waals surface area contributed by atoms with Gasteiger partial charge in [-0.1, -0.05) is 12.1 Å². The first-order chi connectivity index (χ1) is 11.4. The second-order valence-corrected chi connectivity index (χ2v) is 5.60. The minimum Gasteiger partial charge on any atom is -0.383 e. The highest BCUT2D eigenvalue weighted by atomic mass is 19.1. The number of nitrogens with one attached hydrogen (secondary N) is 1. The van der Waals surface area contributed by atoms with Gasteiger partial charge < -0.3 is 16.2 Å². The van der Waals surface area contributed by atoms with Crippen LogP contribution in [0.4, 0.5) is 8.78 Å². The standard InChI is InChI=1S/C17H20F2N4O/c1-17(24,14-6-5-12(18)10-15(14)19)11-23-16(20)22-9-7-13-4-2-3-8-21-13/h2-6,8,10,24H,7,9,11H2,1H3,(H3,20,22,23). The van der Waals surface area contributed by atoms with E-state index in [1.54, 1.807) is 6.20 Å². The van der Waals surface area contributed by atoms with Gasteiger partial charge in [-0.05, 0) is 25.1 Å². The lowest BCUT2D eigenvalue weighted by Crippen LogP contribution is -2.36. The van der Waals surface area contributed by atoms with Crippen molar-refractivity contribution in [1.82, 2.24) is 10.3 Å². The third-order valence-electron chi connectivity index (χ3n) is 3.48. The van der Waals surface area contributed by atoms with E-state index in [2.05, 4.69) is 15.3 Å². The molecule has 1 aromatic carbocycles. The summed E-state index contributed by atoms with van der Waals surface area (Å²) < 4.78 is 26.7. The number of rotatable bonds is 6. The zero-order valence-electron chi connectivity index (χ0n) is 13.3. The van der Waals surface area contributed by atoms with Crippen molar-refractivity contribution in [2.75, 3.05) is 13.1 Å². The third kappa shape index (κ3) is 4.99. The monoisotopic (exact) mass is 334 g/mol. The first kappa shape index (κ1) is 17.8. The van der Waals surface area contributed by atoms with Crippen molar-refractivity contribution in [3.8, 4) is 0 Å². The van der Waals surface area contributed by atoms with Gasteiger partial charge in [-0.15, -0.1) is 0 Å². The highest BCUT2D eigenvalue weighted by molar-refractivity contribution is 5.77. The molecule has 1 unspecified atom stereocenters. The van der Waals surface area contributed by atoms with Crippen molar-refractivity contribution >= 4 is 5.96 Å². The molecule has 128 valence electrons. The van der Waals surface area contributed by atoms with Crippen molar-refractivity contribution in [3.05, 3.63) is 65.5 Å². The van der Waals surface area contributed by atoms with Crippen molar-refractivity contribution in [2.24, 2.45) is 10.7 Å². The van der Waals surface area contributed by atoms with E-state index in [9.17, 15) is 13.9 Å². The van der Waals surface area contributed by atoms with E-state index in [-0.39, 0.29) is 18.1 Å². The number of halogens is 2. The van der Waals surface area contributed by atoms with Crippen molar-refractivity contribution in [3.63, 3.8) is 0 Å². The maximum absolute atomic E-state index is 13.8. The number of pyridine rings is 1. The fraction of sp³-hybridized carbons (Fsp3) is 0.294. The summed E-state index contributed by atoms with van der Waals surface area (Å²) >= 11 is 0. The Morgan fingerprint density at radius 2 is 2.12 bits per heavy atom. The summed E-state index contributed by atoms with van der Waals surface area (Å²) in [4.78, 5) is 8.20. The molecule has 0 aliphatic rings. The average Bonchev–Trinajstić information content (AvgIpc) is 2.54. The van der Waals surface area contributed by atoms with Crippen LogP contribution in [-0.2, 0) is 12.0 Å². The lowest BCUT2D eigenvalue weighted by atomic mass is 9.95. The van der Waals surface area contributed by atoms with Crippen LogP contribution < -0.4 is 11.1 Å². The summed E-state index contributed by atoms with van der Waals surface area (Å²) in [6.07, 6.45) is 2.38. The van der Waals surface area contributed by atoms with Gasteiger partial charge in [-0.3, -0.25) is 9.98 Å². The fourth-order valence-corrected chi connectivity index (χ4v) is 2.17. The molecule has 0 aliphatic carbocycles. The maximum atomic E-state index is 13.8. The van der Waals surface area contributed by atoms with Crippen molar-refractivity contribution in [1.29, 1.82) is 0 Å². The first-order valence-corrected chi connectivity index (χ1v) is 7.50. The van der Waals surface area contributed by atoms with Crippen LogP contribution in [0.5, 0.6) is 0 Å². The van der Waals surface area contributed by atoms with Crippen LogP contribution in [0.25, 0.3) is 0 Å². The quantitative estimate of drug-likeness (QED) is 0.555. The molecule has 0 spiro atoms. The van der Waals surface area contributed by atoms with E-state index in [4.69, 9.17) is 5.73 Å². The van der Waals surface area contributed by atoms with Gasteiger partial charge >= 0.3 is 0 Å². The lowest BCUT2D eigenvalue weighted by Gasteiger charge is -2.22. The Hall–Kier alpha value is -2.54. The van der Waals surface area contributed by atoms with Gasteiger partial charge in [0.25, 0.3) is 0 Å². The molecule has 0 fully saturated rings. The van der Waals surface area contributed by atoms with Gasteiger partial charge in [0, 0.05) is 36.5 Å². The normalized spacial score (nSPS) is 14.2. The molecule has 5 nitrogen and oxygen atoms in total. The molecule has 7 heteroatoms. The van der Waals surface area contributed by atoms with Gasteiger partial charge in [0.2, 0.25) is 0 Å². The average molecular weight is 334 g/mol. The molecular formula is C17H20F2N4O. The van der Waals surface area contributed by atoms with Gasteiger partial charge in [-0.2, -0.15) is 0 Å². The van der Waals surface area contributed by atoms with Gasteiger partial charge in [0.1, 0.15) is 17.2 Å². The molecule has 4 N–H and O–H groups in total. The maximum Gasteiger partial charge on any atom is 0.188 e. The Morgan fingerprint density at radius 1 is 1.33 bits per heavy atom. The van der Waals surface area contributed by atoms with E-state index in [0.717, 1.165) is 17.8 Å². The molecule has 2 rings (SSSR count). The van der Waals surface area contributed by atoms with Crippen molar-refractivity contribution < 1.29 is 13.9 Å². The van der Waals surface area contributed by atoms with Gasteiger partial charge in [-0.25, -0.2) is 8.78 Å². The third-order valence-corrected chi connectivity index (χ3v) is 3.48. The first-order valence-electron chi connectivity index (χ1n) is 7.50. The molecule has 1 atom stereocenters. The van der Waals surface area contributed by atoms with Crippen LogP contribution in [-0.4, -0.2) is 29.1 Å². The Labute approximate surface area is 139 Å². The highest BCUT2D eigenvalue weighted by Crippen LogP contribution is 2.24. The molecule has 0 bridgehead atoms. The number of guanidine groups is 1. The number of aliphatic imine (C=N–C) groups is 1. The molecule has 0 radical (unpaired) electrons. The number of hydrogen-bond donors (Lipinski definition) is 3. The van der Waals surface area contributed by atoms with Crippen LogP contribution in [0.15, 0.2) is 47.6 Å². The summed E-state index contributed by atoms with van der Waals surface area (Å²) in [6, 6.07) is 8.65. The zero-order chi connectivity index (χ0) is 17.6. The summed E-state index contributed by atoms with van der Waals surface area (Å²) in [6.45, 7) is 1.77. The summed E-state index contributed by atoms with van der Waals surface area (Å²) in [5.41, 5.74) is 5.03. The van der Waals surface area contributed by atoms with Gasteiger partial charge in [0.15, 0.2) is 5.96 Å². The smallest absolute Gasteiger partial charge is 0.188 e. The second-order valence-electron chi connectivity index (χ2n) is 5.60. The Bertz CT molecular complexity index is 705. The van der Waals surface area contributed by atoms with Crippen LogP contribution >= 0.6 is 0 Å². The van der Waals surface area contributed by atoms with E-state index in [1.165, 1.54) is 13.0 Å². The SMILES string of the molecule is CC(O)(CN=C(N)NCCc1ccccn1)c1ccc(F)cc1F. The molecule has 1 heterocycles. The zero-order valence-corrected chi connectivity index (χ0v) is 13.3. The summed E-state index contributed by atoms with van der Waals surface area (Å²) in [7, 11) is 0. The number of benzene rings is 1. The topological polar surface area (TPSA) is 83.5 Å². The molecule has 0 saturated carbocycles. The van der Waals surface area contributed by atoms with Crippen LogP contribution in [0, 0.1) is 11.6 Å². The molecule has 0 aliphatic heterocycles. The molecule has 0 saturated heterocycles. The number of nitrogens with zero attached hydrogens (tertiary/aromatic N) is 2. The Morgan fingerprint density at radius 3 is 2.79 bits per heavy atom. The van der Waals surface area contributed by atoms with E-state index in [0.29, 0.717) is 13.0 Å². The van der Waals surface area contributed by atoms with E-state index < -0.39 is 17.2 Å². The van der Waals surface area contributed by atoms with Gasteiger partial charge in [0.05, 0.1) is 6.54 Å². The Balaban J connectivity index is 1.90. The predicted octanol–water partition coefficient (Wildman–Crippen LogP) is 1.71. The van der Waals surface area contributed by atoms with Crippen LogP contribution in [0.1, 0.15) is 18.2 Å². The lowest BCUT2D eigenvalue weighted by molar-refractivity contribution is 0.0633. The fourth-order valence-electron chi connectivity index (χ4n) is 2.17. The number of aromatic nitrogens is 1. The van der Waals surface area contributed by atoms with Crippen molar-refractivity contribution in [2.45, 2.75) is 18.9 Å². The number of aliphatic hydroxyl groups is 1. The minimum absolute atomic E-state index is 0.0334. The number of nitrogens with two attached hydrogens (primary N) is 1. The van der Waals surface area contributed by atoms with E-state index in [1.807, 2.05) is 18.2 Å². The Kier molecular flexibility index (Phi) is 5.81. The molecule has 24 heavy (non-hydrogen) atoms. The summed E-state index contributed by atoms with van der Waals surface area (Å²) in [5.74, 6) is -1.39. The second kappa shape index (κ2) is 7.83. The number of hydrogen-bond acceptors (Lipinski definition) is 3. The van der Waals surface area contributed by atoms with Crippen LogP contribution in [0.2, 0.25) is 0 Å². The highest BCUT2D eigenvalue weighted by Gasteiger charge is 2.26. The molecule has 0 amide bonds. The van der Waals surface area contributed by atoms with Crippen LogP contribution in [0.3, 0.4) is 0 Å². The molecule has 1 aromatic heterocycles. The molecule has 2 aromatic rings.